The van der Waals surface area contributed by atoms with Crippen molar-refractivity contribution in [3.8, 4) is 0 Å². The van der Waals surface area contributed by atoms with Crippen LogP contribution in [0.15, 0.2) is 0 Å². The second kappa shape index (κ2) is 6.65. The highest BCUT2D eigenvalue weighted by atomic mass is 16.5. The highest BCUT2D eigenvalue weighted by Crippen LogP contribution is 2.10. The number of rotatable bonds is 4. The molecule has 2 heterocycles. The zero-order chi connectivity index (χ0) is 13.8. The van der Waals surface area contributed by atoms with Crippen LogP contribution in [-0.2, 0) is 9.53 Å². The van der Waals surface area contributed by atoms with Gasteiger partial charge in [-0.25, -0.2) is 0 Å². The van der Waals surface area contributed by atoms with E-state index in [1.165, 1.54) is 0 Å². The molecule has 2 rings (SSSR count). The summed E-state index contributed by atoms with van der Waals surface area (Å²) in [7, 11) is 2.13. The largest absolute Gasteiger partial charge is 0.480 e. The van der Waals surface area contributed by atoms with Gasteiger partial charge in [0.2, 0.25) is 0 Å². The zero-order valence-electron chi connectivity index (χ0n) is 11.9. The Morgan fingerprint density at radius 2 is 2.00 bits per heavy atom. The summed E-state index contributed by atoms with van der Waals surface area (Å²) in [4.78, 5) is 17.7. The topological polar surface area (TPSA) is 56.2 Å². The standard InChI is InChI=1S/C13H25N3O3/c1-11(13(17)18)16-5-3-15(4-6-16)10-12-9-14(2)7-8-19-12/h11-12H,3-10H2,1-2H3,(H,17,18). The van der Waals surface area contributed by atoms with E-state index in [4.69, 9.17) is 9.84 Å². The number of ether oxygens (including phenoxy) is 1. The minimum atomic E-state index is -0.731. The lowest BCUT2D eigenvalue weighted by molar-refractivity contribution is -0.143. The van der Waals surface area contributed by atoms with Gasteiger partial charge < -0.3 is 14.7 Å². The molecule has 0 spiro atoms. The molecule has 0 aromatic heterocycles. The molecule has 19 heavy (non-hydrogen) atoms. The molecule has 1 N–H and O–H groups in total. The first kappa shape index (κ1) is 14.7. The molecule has 2 atom stereocenters. The molecule has 0 bridgehead atoms. The van der Waals surface area contributed by atoms with E-state index in [-0.39, 0.29) is 6.04 Å². The molecule has 0 aromatic carbocycles. The first-order valence-electron chi connectivity index (χ1n) is 7.05. The zero-order valence-corrected chi connectivity index (χ0v) is 11.9. The van der Waals surface area contributed by atoms with Crippen molar-refractivity contribution in [1.82, 2.24) is 14.7 Å². The predicted octanol–water partition coefficient (Wildman–Crippen LogP) is -0.592. The first-order valence-corrected chi connectivity index (χ1v) is 7.05. The van der Waals surface area contributed by atoms with Crippen LogP contribution >= 0.6 is 0 Å². The van der Waals surface area contributed by atoms with E-state index in [0.29, 0.717) is 6.10 Å². The minimum absolute atomic E-state index is 0.294. The second-order valence-electron chi connectivity index (χ2n) is 5.61. The highest BCUT2D eigenvalue weighted by Gasteiger charge is 2.27. The number of morpholine rings is 1. The fourth-order valence-electron chi connectivity index (χ4n) is 2.75. The second-order valence-corrected chi connectivity index (χ2v) is 5.61. The number of aliphatic carboxylic acids is 1. The number of carboxylic acid groups (broad SMARTS) is 1. The molecule has 2 aliphatic heterocycles. The smallest absolute Gasteiger partial charge is 0.320 e. The summed E-state index contributed by atoms with van der Waals surface area (Å²) in [5.41, 5.74) is 0. The monoisotopic (exact) mass is 271 g/mol. The molecule has 2 fully saturated rings. The quantitative estimate of drug-likeness (QED) is 0.737. The van der Waals surface area contributed by atoms with Gasteiger partial charge in [-0.1, -0.05) is 0 Å². The molecular weight excluding hydrogens is 246 g/mol. The summed E-state index contributed by atoms with van der Waals surface area (Å²) in [5, 5.41) is 9.01. The van der Waals surface area contributed by atoms with E-state index in [0.717, 1.165) is 52.4 Å². The van der Waals surface area contributed by atoms with E-state index in [2.05, 4.69) is 16.8 Å². The molecule has 6 heteroatoms. The molecule has 2 unspecified atom stereocenters. The Labute approximate surface area is 114 Å². The number of likely N-dealkylation sites (N-methyl/N-ethyl adjacent to an activating group) is 1. The molecule has 0 aromatic rings. The Kier molecular flexibility index (Phi) is 5.15. The summed E-state index contributed by atoms with van der Waals surface area (Å²) < 4.78 is 5.77. The van der Waals surface area contributed by atoms with Crippen LogP contribution in [0.3, 0.4) is 0 Å². The molecule has 110 valence electrons. The van der Waals surface area contributed by atoms with Crippen molar-refractivity contribution in [3.63, 3.8) is 0 Å². The molecule has 2 saturated heterocycles. The normalized spacial score (nSPS) is 29.3. The van der Waals surface area contributed by atoms with E-state index in [9.17, 15) is 4.79 Å². The van der Waals surface area contributed by atoms with Crippen LogP contribution in [0.1, 0.15) is 6.92 Å². The van der Waals surface area contributed by atoms with Gasteiger partial charge >= 0.3 is 5.97 Å². The van der Waals surface area contributed by atoms with Crippen LogP contribution in [0.2, 0.25) is 0 Å². The lowest BCUT2D eigenvalue weighted by Crippen LogP contribution is -2.54. The molecule has 0 saturated carbocycles. The SMILES string of the molecule is CC(C(=O)O)N1CCN(CC2CN(C)CCO2)CC1. The number of hydrogen-bond acceptors (Lipinski definition) is 5. The number of nitrogens with zero attached hydrogens (tertiary/aromatic N) is 3. The van der Waals surface area contributed by atoms with Crippen molar-refractivity contribution in [2.45, 2.75) is 19.1 Å². The first-order chi connectivity index (χ1) is 9.06. The summed E-state index contributed by atoms with van der Waals surface area (Å²) in [5.74, 6) is -0.731. The van der Waals surface area contributed by atoms with Gasteiger partial charge in [0.15, 0.2) is 0 Å². The molecular formula is C13H25N3O3. The van der Waals surface area contributed by atoms with E-state index < -0.39 is 5.97 Å². The van der Waals surface area contributed by atoms with Crippen LogP contribution in [-0.4, -0.2) is 97.4 Å². The van der Waals surface area contributed by atoms with Gasteiger partial charge in [0, 0.05) is 45.8 Å². The summed E-state index contributed by atoms with van der Waals surface area (Å²) in [6.45, 7) is 9.06. The van der Waals surface area contributed by atoms with Crippen molar-refractivity contribution in [3.05, 3.63) is 0 Å². The van der Waals surface area contributed by atoms with Crippen LogP contribution < -0.4 is 0 Å². The summed E-state index contributed by atoms with van der Waals surface area (Å²) in [6.07, 6.45) is 0.294. The lowest BCUT2D eigenvalue weighted by Gasteiger charge is -2.39. The molecule has 6 nitrogen and oxygen atoms in total. The summed E-state index contributed by atoms with van der Waals surface area (Å²) in [6, 6.07) is -0.376. The Morgan fingerprint density at radius 3 is 2.58 bits per heavy atom. The van der Waals surface area contributed by atoms with Gasteiger partial charge in [-0.2, -0.15) is 0 Å². The Bertz CT molecular complexity index is 306. The fourth-order valence-corrected chi connectivity index (χ4v) is 2.75. The van der Waals surface area contributed by atoms with Gasteiger partial charge in [-0.15, -0.1) is 0 Å². The minimum Gasteiger partial charge on any atom is -0.480 e. The number of hydrogen-bond donors (Lipinski definition) is 1. The molecule has 0 aliphatic carbocycles. The highest BCUT2D eigenvalue weighted by molar-refractivity contribution is 5.72. The molecule has 2 aliphatic rings. The fraction of sp³-hybridized carbons (Fsp3) is 0.923. The van der Waals surface area contributed by atoms with Crippen LogP contribution in [0.4, 0.5) is 0 Å². The van der Waals surface area contributed by atoms with Gasteiger partial charge in [-0.05, 0) is 14.0 Å². The predicted molar refractivity (Wildman–Crippen MR) is 72.3 cm³/mol. The van der Waals surface area contributed by atoms with Gasteiger partial charge in [0.25, 0.3) is 0 Å². The Morgan fingerprint density at radius 1 is 1.32 bits per heavy atom. The van der Waals surface area contributed by atoms with E-state index in [1.807, 2.05) is 4.90 Å². The third kappa shape index (κ3) is 4.14. The Balaban J connectivity index is 1.72. The van der Waals surface area contributed by atoms with Crippen molar-refractivity contribution in [1.29, 1.82) is 0 Å². The van der Waals surface area contributed by atoms with Crippen LogP contribution in [0.5, 0.6) is 0 Å². The van der Waals surface area contributed by atoms with E-state index >= 15 is 0 Å². The number of piperazine rings is 1. The number of carboxylic acids is 1. The lowest BCUT2D eigenvalue weighted by atomic mass is 10.2. The average Bonchev–Trinajstić information content (AvgIpc) is 2.39. The number of carbonyl (C=O) groups is 1. The maximum atomic E-state index is 11.0. The van der Waals surface area contributed by atoms with Crippen molar-refractivity contribution >= 4 is 5.97 Å². The maximum Gasteiger partial charge on any atom is 0.320 e. The van der Waals surface area contributed by atoms with E-state index in [1.54, 1.807) is 6.92 Å². The third-order valence-electron chi connectivity index (χ3n) is 4.12. The van der Waals surface area contributed by atoms with Crippen molar-refractivity contribution < 1.29 is 14.6 Å². The third-order valence-corrected chi connectivity index (χ3v) is 4.12. The molecule has 0 radical (unpaired) electrons. The average molecular weight is 271 g/mol. The van der Waals surface area contributed by atoms with Gasteiger partial charge in [0.05, 0.1) is 12.7 Å². The van der Waals surface area contributed by atoms with Crippen molar-refractivity contribution in [2.75, 3.05) is 59.5 Å². The van der Waals surface area contributed by atoms with Crippen LogP contribution in [0.25, 0.3) is 0 Å². The molecule has 0 amide bonds. The van der Waals surface area contributed by atoms with Crippen LogP contribution in [0, 0.1) is 0 Å². The van der Waals surface area contributed by atoms with Gasteiger partial charge in [0.1, 0.15) is 6.04 Å². The maximum absolute atomic E-state index is 11.0. The Hall–Kier alpha value is -0.690. The van der Waals surface area contributed by atoms with Gasteiger partial charge in [-0.3, -0.25) is 14.6 Å². The summed E-state index contributed by atoms with van der Waals surface area (Å²) >= 11 is 0. The van der Waals surface area contributed by atoms with Crippen molar-refractivity contribution in [2.24, 2.45) is 0 Å².